The first-order valence-corrected chi connectivity index (χ1v) is 13.3. The molecule has 1 aliphatic rings. The number of alkyl halides is 1. The van der Waals surface area contributed by atoms with Gasteiger partial charge in [-0.3, -0.25) is 4.90 Å². The summed E-state index contributed by atoms with van der Waals surface area (Å²) in [6.07, 6.45) is -0.487. The van der Waals surface area contributed by atoms with Gasteiger partial charge in [0.15, 0.2) is 0 Å². The maximum absolute atomic E-state index is 13.0. The van der Waals surface area contributed by atoms with Gasteiger partial charge >= 0.3 is 6.09 Å². The maximum atomic E-state index is 13.0. The number of amides is 1. The molecule has 0 radical (unpaired) electrons. The molecule has 11 heteroatoms. The van der Waals surface area contributed by atoms with Crippen LogP contribution < -0.4 is 10.3 Å². The van der Waals surface area contributed by atoms with E-state index in [0.29, 0.717) is 5.56 Å². The predicted molar refractivity (Wildman–Crippen MR) is 133 cm³/mol. The molecule has 1 amide bonds. The summed E-state index contributed by atoms with van der Waals surface area (Å²) < 4.78 is 31.9. The van der Waals surface area contributed by atoms with Crippen molar-refractivity contribution in [3.63, 3.8) is 0 Å². The Hall–Kier alpha value is -1.88. The van der Waals surface area contributed by atoms with Crippen LogP contribution in [0.3, 0.4) is 0 Å². The minimum Gasteiger partial charge on any atom is -0.444 e. The highest BCUT2D eigenvalue weighted by Crippen LogP contribution is 2.33. The molecular formula is C23H30Cl2N4O4S. The van der Waals surface area contributed by atoms with Crippen molar-refractivity contribution < 1.29 is 17.9 Å². The standard InChI is InChI=1S/C23H30Cl2N4O4S/c1-23(2,3)33-22(30)28-15-21(24)29(25)14-20(28)19-12-8-7-11-18(19)13-26-27-34(31,32)16-17-9-5-4-6-10-17/h4-12,20-21,26-27H,13-16H2,1-3H3. The highest BCUT2D eigenvalue weighted by Gasteiger charge is 2.38. The molecule has 1 heterocycles. The molecule has 0 spiro atoms. The van der Waals surface area contributed by atoms with Gasteiger partial charge in [-0.1, -0.05) is 54.6 Å². The number of nitrogens with one attached hydrogen (secondary N) is 2. The number of halogens is 2. The van der Waals surface area contributed by atoms with E-state index in [1.807, 2.05) is 30.3 Å². The minimum absolute atomic E-state index is 0.143. The van der Waals surface area contributed by atoms with Gasteiger partial charge in [0.1, 0.15) is 11.1 Å². The number of sulfonamides is 1. The summed E-state index contributed by atoms with van der Waals surface area (Å²) in [5.74, 6) is -0.143. The normalized spacial score (nSPS) is 19.7. The largest absolute Gasteiger partial charge is 0.444 e. The predicted octanol–water partition coefficient (Wildman–Crippen LogP) is 4.12. The van der Waals surface area contributed by atoms with Crippen LogP contribution in [0, 0.1) is 0 Å². The summed E-state index contributed by atoms with van der Waals surface area (Å²) in [6, 6.07) is 16.0. The minimum atomic E-state index is -3.60. The SMILES string of the molecule is CC(C)(C)OC(=O)N1CC(Cl)N(Cl)CC1c1ccccc1CNNS(=O)(=O)Cc1ccccc1. The summed E-state index contributed by atoms with van der Waals surface area (Å²) in [4.78, 5) is 17.0. The van der Waals surface area contributed by atoms with Gasteiger partial charge in [-0.05, 0) is 49.2 Å². The number of hydrazine groups is 1. The van der Waals surface area contributed by atoms with Crippen molar-refractivity contribution in [3.8, 4) is 0 Å². The molecule has 2 unspecified atom stereocenters. The second-order valence-electron chi connectivity index (χ2n) is 9.06. The molecule has 2 aromatic carbocycles. The first kappa shape index (κ1) is 26.7. The Bertz CT molecular complexity index is 1080. The smallest absolute Gasteiger partial charge is 0.410 e. The summed E-state index contributed by atoms with van der Waals surface area (Å²) in [5, 5.41) is 0. The van der Waals surface area contributed by atoms with E-state index >= 15 is 0 Å². The van der Waals surface area contributed by atoms with E-state index in [0.717, 1.165) is 11.1 Å². The van der Waals surface area contributed by atoms with Crippen LogP contribution in [0.2, 0.25) is 0 Å². The zero-order valence-electron chi connectivity index (χ0n) is 19.4. The third-order valence-electron chi connectivity index (χ3n) is 5.12. The molecule has 2 atom stereocenters. The highest BCUT2D eigenvalue weighted by atomic mass is 35.5. The molecule has 2 N–H and O–H groups in total. The number of rotatable bonds is 7. The lowest BCUT2D eigenvalue weighted by Crippen LogP contribution is -2.52. The summed E-state index contributed by atoms with van der Waals surface area (Å²) in [6.45, 7) is 6.07. The number of carbonyl (C=O) groups excluding carboxylic acids is 1. The van der Waals surface area contributed by atoms with Crippen LogP contribution in [0.1, 0.15) is 43.5 Å². The number of nitrogens with zero attached hydrogens (tertiary/aromatic N) is 2. The van der Waals surface area contributed by atoms with E-state index in [1.54, 1.807) is 49.9 Å². The van der Waals surface area contributed by atoms with E-state index in [1.165, 1.54) is 4.42 Å². The van der Waals surface area contributed by atoms with Gasteiger partial charge in [-0.2, -0.15) is 9.25 Å². The van der Waals surface area contributed by atoms with Gasteiger partial charge in [0.05, 0.1) is 18.3 Å². The molecule has 34 heavy (non-hydrogen) atoms. The zero-order valence-corrected chi connectivity index (χ0v) is 21.7. The number of piperazine rings is 1. The number of hydrogen-bond acceptors (Lipinski definition) is 6. The van der Waals surface area contributed by atoms with E-state index in [4.69, 9.17) is 28.1 Å². The van der Waals surface area contributed by atoms with Gasteiger partial charge in [-0.25, -0.2) is 18.6 Å². The highest BCUT2D eigenvalue weighted by molar-refractivity contribution is 7.88. The van der Waals surface area contributed by atoms with E-state index in [-0.39, 0.29) is 25.4 Å². The number of carbonyl (C=O) groups is 1. The number of hydrogen-bond donors (Lipinski definition) is 2. The quantitative estimate of drug-likeness (QED) is 0.243. The Balaban J connectivity index is 1.75. The lowest BCUT2D eigenvalue weighted by molar-refractivity contribution is 0.00324. The summed E-state index contributed by atoms with van der Waals surface area (Å²) in [5.41, 5.74) is 3.87. The molecule has 1 fully saturated rings. The Morgan fingerprint density at radius 3 is 2.41 bits per heavy atom. The molecule has 3 rings (SSSR count). The van der Waals surface area contributed by atoms with Gasteiger partial charge < -0.3 is 4.74 Å². The van der Waals surface area contributed by atoms with E-state index < -0.39 is 33.3 Å². The van der Waals surface area contributed by atoms with Crippen LogP contribution in [-0.2, 0) is 27.1 Å². The molecule has 1 saturated heterocycles. The maximum Gasteiger partial charge on any atom is 0.410 e. The summed E-state index contributed by atoms with van der Waals surface area (Å²) >= 11 is 12.6. The van der Waals surface area contributed by atoms with Crippen LogP contribution in [0.25, 0.3) is 0 Å². The van der Waals surface area contributed by atoms with Crippen LogP contribution in [0.4, 0.5) is 4.79 Å². The Morgan fingerprint density at radius 2 is 1.74 bits per heavy atom. The fourth-order valence-electron chi connectivity index (χ4n) is 3.64. The number of benzene rings is 2. The van der Waals surface area contributed by atoms with E-state index in [9.17, 15) is 13.2 Å². The van der Waals surface area contributed by atoms with Crippen molar-refractivity contribution in [1.29, 1.82) is 0 Å². The third-order valence-corrected chi connectivity index (χ3v) is 7.14. The van der Waals surface area contributed by atoms with Crippen molar-refractivity contribution in [2.75, 3.05) is 13.1 Å². The Morgan fingerprint density at radius 1 is 1.09 bits per heavy atom. The van der Waals surface area contributed by atoms with Crippen LogP contribution in [0.5, 0.6) is 0 Å². The molecule has 0 aliphatic carbocycles. The molecule has 0 saturated carbocycles. The van der Waals surface area contributed by atoms with Crippen molar-refractivity contribution in [2.45, 2.75) is 50.2 Å². The molecule has 2 aromatic rings. The van der Waals surface area contributed by atoms with Gasteiger partial charge in [0.2, 0.25) is 10.0 Å². The fourth-order valence-corrected chi connectivity index (χ4v) is 5.05. The van der Waals surface area contributed by atoms with Crippen LogP contribution in [-0.4, -0.2) is 48.0 Å². The van der Waals surface area contributed by atoms with Crippen LogP contribution in [0.15, 0.2) is 54.6 Å². The van der Waals surface area contributed by atoms with Crippen molar-refractivity contribution in [1.82, 2.24) is 19.6 Å². The molecular weight excluding hydrogens is 499 g/mol. The average molecular weight is 529 g/mol. The second-order valence-corrected chi connectivity index (χ2v) is 11.7. The van der Waals surface area contributed by atoms with Crippen molar-refractivity contribution in [2.24, 2.45) is 0 Å². The zero-order chi connectivity index (χ0) is 24.9. The average Bonchev–Trinajstić information content (AvgIpc) is 2.75. The number of ether oxygens (including phenoxy) is 1. The monoisotopic (exact) mass is 528 g/mol. The topological polar surface area (TPSA) is 91.0 Å². The fraction of sp³-hybridized carbons (Fsp3) is 0.435. The first-order valence-electron chi connectivity index (χ1n) is 10.9. The molecule has 0 aromatic heterocycles. The van der Waals surface area contributed by atoms with Crippen LogP contribution >= 0.6 is 23.4 Å². The van der Waals surface area contributed by atoms with Crippen molar-refractivity contribution in [3.05, 3.63) is 71.3 Å². The summed E-state index contributed by atoms with van der Waals surface area (Å²) in [7, 11) is -3.60. The Labute approximate surface area is 211 Å². The van der Waals surface area contributed by atoms with Gasteiger partial charge in [0, 0.05) is 13.1 Å². The lowest BCUT2D eigenvalue weighted by atomic mass is 9.97. The molecule has 186 valence electrons. The van der Waals surface area contributed by atoms with E-state index in [2.05, 4.69) is 10.3 Å². The second kappa shape index (κ2) is 11.2. The van der Waals surface area contributed by atoms with Gasteiger partial charge in [0.25, 0.3) is 0 Å². The molecule has 1 aliphatic heterocycles. The molecule has 0 bridgehead atoms. The molecule has 8 nitrogen and oxygen atoms in total. The lowest BCUT2D eigenvalue weighted by Gasteiger charge is -2.42. The first-order chi connectivity index (χ1) is 16.0. The van der Waals surface area contributed by atoms with Gasteiger partial charge in [-0.15, -0.1) is 11.6 Å². The van der Waals surface area contributed by atoms with Crippen molar-refractivity contribution >= 4 is 39.5 Å². The third kappa shape index (κ3) is 7.56. The Kier molecular flexibility index (Phi) is 8.83.